The summed E-state index contributed by atoms with van der Waals surface area (Å²) in [4.78, 5) is 15.1. The van der Waals surface area contributed by atoms with Crippen LogP contribution >= 0.6 is 0 Å². The molecule has 1 aromatic heterocycles. The summed E-state index contributed by atoms with van der Waals surface area (Å²) in [7, 11) is -0.806. The molecule has 0 radical (unpaired) electrons. The Morgan fingerprint density at radius 2 is 1.80 bits per heavy atom. The van der Waals surface area contributed by atoms with E-state index in [0.717, 1.165) is 0 Å². The van der Waals surface area contributed by atoms with Gasteiger partial charge in [-0.25, -0.2) is 4.39 Å². The molecular formula is C14H19BFNO3. The molecule has 1 saturated heterocycles. The van der Waals surface area contributed by atoms with Gasteiger partial charge in [-0.1, -0.05) is 0 Å². The number of hydrogen-bond acceptors (Lipinski definition) is 4. The number of pyridine rings is 1. The SMILES string of the molecule is CC(=O)Cc1cncc(B2OC(C)(C)C(C)(C)O2)c1F. The van der Waals surface area contributed by atoms with Gasteiger partial charge in [-0.2, -0.15) is 0 Å². The second kappa shape index (κ2) is 4.93. The maximum Gasteiger partial charge on any atom is 0.499 e. The molecule has 1 aliphatic rings. The fourth-order valence-corrected chi connectivity index (χ4v) is 2.03. The van der Waals surface area contributed by atoms with Gasteiger partial charge in [-0.3, -0.25) is 9.78 Å². The van der Waals surface area contributed by atoms with Crippen molar-refractivity contribution >= 4 is 18.4 Å². The minimum absolute atomic E-state index is 0.0200. The first-order chi connectivity index (χ1) is 9.14. The second-order valence-corrected chi connectivity index (χ2v) is 6.17. The lowest BCUT2D eigenvalue weighted by Gasteiger charge is -2.32. The third-order valence-corrected chi connectivity index (χ3v) is 3.93. The van der Waals surface area contributed by atoms with Crippen molar-refractivity contribution in [3.8, 4) is 0 Å². The van der Waals surface area contributed by atoms with Gasteiger partial charge in [-0.05, 0) is 34.6 Å². The van der Waals surface area contributed by atoms with E-state index in [1.165, 1.54) is 19.3 Å². The molecule has 108 valence electrons. The molecule has 1 aliphatic heterocycles. The van der Waals surface area contributed by atoms with Gasteiger partial charge in [0.15, 0.2) is 0 Å². The quantitative estimate of drug-likeness (QED) is 0.789. The van der Waals surface area contributed by atoms with E-state index in [4.69, 9.17) is 9.31 Å². The van der Waals surface area contributed by atoms with Gasteiger partial charge in [-0.15, -0.1) is 0 Å². The van der Waals surface area contributed by atoms with Crippen LogP contribution in [0.15, 0.2) is 12.4 Å². The number of carbonyl (C=O) groups is 1. The number of carbonyl (C=O) groups excluding carboxylic acids is 1. The fourth-order valence-electron chi connectivity index (χ4n) is 2.03. The van der Waals surface area contributed by atoms with E-state index < -0.39 is 24.1 Å². The molecule has 0 spiro atoms. The fraction of sp³-hybridized carbons (Fsp3) is 0.571. The maximum absolute atomic E-state index is 14.4. The first-order valence-corrected chi connectivity index (χ1v) is 6.61. The molecule has 0 aliphatic carbocycles. The van der Waals surface area contributed by atoms with E-state index in [1.807, 2.05) is 27.7 Å². The van der Waals surface area contributed by atoms with Crippen LogP contribution in [0.2, 0.25) is 0 Å². The molecule has 4 nitrogen and oxygen atoms in total. The predicted molar refractivity (Wildman–Crippen MR) is 74.3 cm³/mol. The summed E-state index contributed by atoms with van der Waals surface area (Å²) in [5.41, 5.74) is -0.575. The largest absolute Gasteiger partial charge is 0.499 e. The van der Waals surface area contributed by atoms with E-state index in [-0.39, 0.29) is 23.2 Å². The van der Waals surface area contributed by atoms with Crippen molar-refractivity contribution in [1.82, 2.24) is 4.98 Å². The van der Waals surface area contributed by atoms with Crippen molar-refractivity contribution in [2.45, 2.75) is 52.2 Å². The average Bonchev–Trinajstić information content (AvgIpc) is 2.50. The molecule has 0 atom stereocenters. The Balaban J connectivity index is 2.34. The van der Waals surface area contributed by atoms with Crippen LogP contribution in [0.25, 0.3) is 0 Å². The summed E-state index contributed by atoms with van der Waals surface area (Å²) in [5.74, 6) is -0.592. The van der Waals surface area contributed by atoms with E-state index in [9.17, 15) is 9.18 Å². The number of ketones is 1. The zero-order chi connectivity index (χ0) is 15.1. The summed E-state index contributed by atoms with van der Waals surface area (Å²) in [6.07, 6.45) is 2.78. The van der Waals surface area contributed by atoms with Crippen LogP contribution in [0, 0.1) is 5.82 Å². The van der Waals surface area contributed by atoms with E-state index in [0.29, 0.717) is 0 Å². The van der Waals surface area contributed by atoms with E-state index in [1.54, 1.807) is 0 Å². The van der Waals surface area contributed by atoms with Crippen molar-refractivity contribution in [3.05, 3.63) is 23.8 Å². The zero-order valence-electron chi connectivity index (χ0n) is 12.5. The topological polar surface area (TPSA) is 48.4 Å². The van der Waals surface area contributed by atoms with Crippen LogP contribution in [-0.4, -0.2) is 29.1 Å². The van der Waals surface area contributed by atoms with Crippen LogP contribution in [0.3, 0.4) is 0 Å². The lowest BCUT2D eigenvalue weighted by molar-refractivity contribution is -0.116. The molecule has 0 bridgehead atoms. The molecule has 6 heteroatoms. The molecule has 0 aromatic carbocycles. The third-order valence-electron chi connectivity index (χ3n) is 3.93. The Bertz CT molecular complexity index is 529. The Morgan fingerprint density at radius 3 is 2.30 bits per heavy atom. The van der Waals surface area contributed by atoms with Gasteiger partial charge < -0.3 is 9.31 Å². The Kier molecular flexibility index (Phi) is 3.73. The Labute approximate surface area is 118 Å². The first-order valence-electron chi connectivity index (χ1n) is 6.61. The molecule has 0 unspecified atom stereocenters. The molecule has 0 saturated carbocycles. The van der Waals surface area contributed by atoms with Gasteiger partial charge in [0.25, 0.3) is 0 Å². The molecular weight excluding hydrogens is 260 g/mol. The first kappa shape index (κ1) is 15.1. The number of rotatable bonds is 3. The molecule has 1 aromatic rings. The summed E-state index contributed by atoms with van der Waals surface area (Å²) < 4.78 is 26.0. The van der Waals surface area contributed by atoms with Crippen molar-refractivity contribution in [3.63, 3.8) is 0 Å². The molecule has 20 heavy (non-hydrogen) atoms. The minimum Gasteiger partial charge on any atom is -0.399 e. The van der Waals surface area contributed by atoms with Crippen LogP contribution in [0.5, 0.6) is 0 Å². The number of Topliss-reactive ketones (excluding diaryl/α,β-unsaturated/α-hetero) is 1. The van der Waals surface area contributed by atoms with Crippen molar-refractivity contribution in [2.75, 3.05) is 0 Å². The van der Waals surface area contributed by atoms with E-state index in [2.05, 4.69) is 4.98 Å². The summed E-state index contributed by atoms with van der Waals surface area (Å²) in [6, 6.07) is 0. The smallest absolute Gasteiger partial charge is 0.399 e. The van der Waals surface area contributed by atoms with Crippen molar-refractivity contribution < 1.29 is 18.5 Å². The number of halogens is 1. The molecule has 2 rings (SSSR count). The highest BCUT2D eigenvalue weighted by Gasteiger charge is 2.52. The van der Waals surface area contributed by atoms with Gasteiger partial charge in [0, 0.05) is 29.8 Å². The standard InChI is InChI=1S/C14H19BFNO3/c1-9(18)6-10-7-17-8-11(12(10)16)15-19-13(2,3)14(4,5)20-15/h7-8H,6H2,1-5H3. The van der Waals surface area contributed by atoms with Gasteiger partial charge >= 0.3 is 7.12 Å². The molecule has 1 fully saturated rings. The average molecular weight is 279 g/mol. The highest BCUT2D eigenvalue weighted by atomic mass is 19.1. The van der Waals surface area contributed by atoms with E-state index >= 15 is 0 Å². The Hall–Kier alpha value is -1.27. The van der Waals surface area contributed by atoms with Gasteiger partial charge in [0.05, 0.1) is 11.2 Å². The minimum atomic E-state index is -0.806. The van der Waals surface area contributed by atoms with Crippen molar-refractivity contribution in [2.24, 2.45) is 0 Å². The monoisotopic (exact) mass is 279 g/mol. The maximum atomic E-state index is 14.4. The normalized spacial score (nSPS) is 20.2. The highest BCUT2D eigenvalue weighted by molar-refractivity contribution is 6.62. The van der Waals surface area contributed by atoms with Crippen LogP contribution in [0.4, 0.5) is 4.39 Å². The molecule has 0 N–H and O–H groups in total. The lowest BCUT2D eigenvalue weighted by Crippen LogP contribution is -2.41. The van der Waals surface area contributed by atoms with Gasteiger partial charge in [0.1, 0.15) is 11.6 Å². The summed E-state index contributed by atoms with van der Waals surface area (Å²) in [6.45, 7) is 9.02. The summed E-state index contributed by atoms with van der Waals surface area (Å²) >= 11 is 0. The summed E-state index contributed by atoms with van der Waals surface area (Å²) in [5, 5.41) is 0. The van der Waals surface area contributed by atoms with Crippen LogP contribution < -0.4 is 5.46 Å². The van der Waals surface area contributed by atoms with Crippen LogP contribution in [0.1, 0.15) is 40.2 Å². The second-order valence-electron chi connectivity index (χ2n) is 6.17. The number of nitrogens with zero attached hydrogens (tertiary/aromatic N) is 1. The Morgan fingerprint density at radius 1 is 1.25 bits per heavy atom. The highest BCUT2D eigenvalue weighted by Crippen LogP contribution is 2.36. The third kappa shape index (κ3) is 2.62. The van der Waals surface area contributed by atoms with Gasteiger partial charge in [0.2, 0.25) is 0 Å². The lowest BCUT2D eigenvalue weighted by atomic mass is 9.79. The number of aromatic nitrogens is 1. The molecule has 2 heterocycles. The molecule has 0 amide bonds. The van der Waals surface area contributed by atoms with Crippen LogP contribution in [-0.2, 0) is 20.5 Å². The van der Waals surface area contributed by atoms with Crippen molar-refractivity contribution in [1.29, 1.82) is 0 Å². The zero-order valence-corrected chi connectivity index (χ0v) is 12.5. The predicted octanol–water partition coefficient (Wildman–Crippen LogP) is 1.65. The number of hydrogen-bond donors (Lipinski definition) is 0.